The van der Waals surface area contributed by atoms with Gasteiger partial charge in [-0.3, -0.25) is 10.1 Å². The van der Waals surface area contributed by atoms with Gasteiger partial charge < -0.3 is 14.5 Å². The molecule has 1 aromatic rings. The van der Waals surface area contributed by atoms with Gasteiger partial charge in [-0.25, -0.2) is 9.97 Å². The van der Waals surface area contributed by atoms with Crippen LogP contribution in [-0.2, 0) is 4.74 Å². The summed E-state index contributed by atoms with van der Waals surface area (Å²) < 4.78 is 5.28. The summed E-state index contributed by atoms with van der Waals surface area (Å²) in [5, 5.41) is 11.5. The molecule has 0 aliphatic carbocycles. The van der Waals surface area contributed by atoms with E-state index >= 15 is 0 Å². The van der Waals surface area contributed by atoms with Crippen LogP contribution >= 0.6 is 0 Å². The van der Waals surface area contributed by atoms with Gasteiger partial charge in [0.1, 0.15) is 6.33 Å². The number of morpholine rings is 1. The molecule has 1 aliphatic rings. The normalized spacial score (nSPS) is 15.2. The Hall–Kier alpha value is -1.96. The Morgan fingerprint density at radius 2 is 2.00 bits per heavy atom. The Kier molecular flexibility index (Phi) is 4.67. The van der Waals surface area contributed by atoms with Crippen LogP contribution in [0.3, 0.4) is 0 Å². The van der Waals surface area contributed by atoms with Gasteiger partial charge in [0.25, 0.3) is 0 Å². The second-order valence-corrected chi connectivity index (χ2v) is 4.40. The highest BCUT2D eigenvalue weighted by atomic mass is 16.6. The van der Waals surface area contributed by atoms with Crippen molar-refractivity contribution in [2.75, 3.05) is 49.2 Å². The number of ether oxygens (including phenoxy) is 1. The molecule has 1 saturated heterocycles. The van der Waals surface area contributed by atoms with Crippen LogP contribution in [0.1, 0.15) is 13.8 Å². The second-order valence-electron chi connectivity index (χ2n) is 4.40. The third-order valence-corrected chi connectivity index (χ3v) is 3.34. The van der Waals surface area contributed by atoms with Gasteiger partial charge in [0.05, 0.1) is 18.1 Å². The van der Waals surface area contributed by atoms with Gasteiger partial charge in [-0.15, -0.1) is 0 Å². The van der Waals surface area contributed by atoms with Crippen LogP contribution in [0.25, 0.3) is 0 Å². The molecule has 8 nitrogen and oxygen atoms in total. The molecule has 0 atom stereocenters. The molecule has 0 radical (unpaired) electrons. The average Bonchev–Trinajstić information content (AvgIpc) is 2.49. The predicted octanol–water partition coefficient (Wildman–Crippen LogP) is 1.07. The van der Waals surface area contributed by atoms with E-state index in [0.29, 0.717) is 51.0 Å². The Morgan fingerprint density at radius 3 is 2.55 bits per heavy atom. The molecule has 0 aromatic carbocycles. The van der Waals surface area contributed by atoms with Crippen molar-refractivity contribution >= 4 is 17.3 Å². The highest BCUT2D eigenvalue weighted by molar-refractivity contribution is 5.71. The molecule has 1 aliphatic heterocycles. The zero-order valence-corrected chi connectivity index (χ0v) is 11.8. The Bertz CT molecular complexity index is 472. The van der Waals surface area contributed by atoms with Crippen molar-refractivity contribution in [2.45, 2.75) is 13.8 Å². The van der Waals surface area contributed by atoms with Gasteiger partial charge in [0, 0.05) is 26.2 Å². The minimum absolute atomic E-state index is 0.0156. The summed E-state index contributed by atoms with van der Waals surface area (Å²) >= 11 is 0. The number of hydrogen-bond acceptors (Lipinski definition) is 7. The minimum Gasteiger partial charge on any atom is -0.378 e. The Morgan fingerprint density at radius 1 is 1.35 bits per heavy atom. The summed E-state index contributed by atoms with van der Waals surface area (Å²) in [6.45, 7) is 7.55. The fourth-order valence-electron chi connectivity index (χ4n) is 2.28. The lowest BCUT2D eigenvalue weighted by atomic mass is 10.3. The minimum atomic E-state index is -0.390. The molecule has 110 valence electrons. The molecule has 1 fully saturated rings. The average molecular weight is 281 g/mol. The lowest BCUT2D eigenvalue weighted by Gasteiger charge is -2.28. The van der Waals surface area contributed by atoms with Gasteiger partial charge in [-0.1, -0.05) is 0 Å². The van der Waals surface area contributed by atoms with Crippen LogP contribution in [0.15, 0.2) is 6.33 Å². The lowest BCUT2D eigenvalue weighted by Crippen LogP contribution is -2.37. The largest absolute Gasteiger partial charge is 0.378 e. The summed E-state index contributed by atoms with van der Waals surface area (Å²) in [5.74, 6) is 0.770. The van der Waals surface area contributed by atoms with Gasteiger partial charge in [0.2, 0.25) is 11.6 Å². The second kappa shape index (κ2) is 6.47. The predicted molar refractivity (Wildman–Crippen MR) is 75.3 cm³/mol. The van der Waals surface area contributed by atoms with E-state index in [4.69, 9.17) is 4.74 Å². The molecule has 0 N–H and O–H groups in total. The number of nitro groups is 1. The first-order valence-electron chi connectivity index (χ1n) is 6.76. The molecule has 0 bridgehead atoms. The fourth-order valence-corrected chi connectivity index (χ4v) is 2.28. The summed E-state index contributed by atoms with van der Waals surface area (Å²) in [6, 6.07) is 0. The number of aromatic nitrogens is 2. The standard InChI is InChI=1S/C12H19N5O3/c1-3-15(4-2)11-10(17(18)19)12(14-9-13-11)16-5-7-20-8-6-16/h9H,3-8H2,1-2H3. The van der Waals surface area contributed by atoms with Crippen molar-refractivity contribution < 1.29 is 9.66 Å². The lowest BCUT2D eigenvalue weighted by molar-refractivity contribution is -0.383. The summed E-state index contributed by atoms with van der Waals surface area (Å²) in [4.78, 5) is 23.1. The number of hydrogen-bond donors (Lipinski definition) is 0. The quantitative estimate of drug-likeness (QED) is 0.589. The van der Waals surface area contributed by atoms with Gasteiger partial charge in [0.15, 0.2) is 0 Å². The Balaban J connectivity index is 2.45. The molecule has 0 amide bonds. The van der Waals surface area contributed by atoms with Crippen molar-refractivity contribution in [3.05, 3.63) is 16.4 Å². The molecular weight excluding hydrogens is 262 g/mol. The van der Waals surface area contributed by atoms with Crippen molar-refractivity contribution in [3.8, 4) is 0 Å². The molecular formula is C12H19N5O3. The van der Waals surface area contributed by atoms with Crippen LogP contribution in [-0.4, -0.2) is 54.3 Å². The molecule has 0 saturated carbocycles. The summed E-state index contributed by atoms with van der Waals surface area (Å²) in [7, 11) is 0. The maximum atomic E-state index is 11.5. The highest BCUT2D eigenvalue weighted by Gasteiger charge is 2.29. The van der Waals surface area contributed by atoms with Gasteiger partial charge in [-0.2, -0.15) is 0 Å². The molecule has 0 spiro atoms. The first-order valence-corrected chi connectivity index (χ1v) is 6.76. The SMILES string of the molecule is CCN(CC)c1ncnc(N2CCOCC2)c1[N+](=O)[O-]. The van der Waals surface area contributed by atoms with E-state index in [1.165, 1.54) is 6.33 Å². The highest BCUT2D eigenvalue weighted by Crippen LogP contribution is 2.34. The number of nitrogens with zero attached hydrogens (tertiary/aromatic N) is 5. The smallest absolute Gasteiger partial charge is 0.353 e. The third kappa shape index (κ3) is 2.79. The molecule has 0 unspecified atom stereocenters. The van der Waals surface area contributed by atoms with E-state index in [1.807, 2.05) is 23.6 Å². The summed E-state index contributed by atoms with van der Waals surface area (Å²) in [5.41, 5.74) is -0.0156. The van der Waals surface area contributed by atoms with Crippen molar-refractivity contribution in [1.82, 2.24) is 9.97 Å². The Labute approximate surface area is 117 Å². The van der Waals surface area contributed by atoms with E-state index in [0.717, 1.165) is 0 Å². The van der Waals surface area contributed by atoms with E-state index in [-0.39, 0.29) is 5.69 Å². The molecule has 2 heterocycles. The van der Waals surface area contributed by atoms with Gasteiger partial charge >= 0.3 is 5.69 Å². The first kappa shape index (κ1) is 14.4. The van der Waals surface area contributed by atoms with E-state index in [9.17, 15) is 10.1 Å². The van der Waals surface area contributed by atoms with Crippen molar-refractivity contribution in [3.63, 3.8) is 0 Å². The van der Waals surface area contributed by atoms with E-state index in [2.05, 4.69) is 9.97 Å². The van der Waals surface area contributed by atoms with Crippen LogP contribution in [0, 0.1) is 10.1 Å². The first-order chi connectivity index (χ1) is 9.69. The maximum absolute atomic E-state index is 11.5. The van der Waals surface area contributed by atoms with Crippen LogP contribution < -0.4 is 9.80 Å². The topological polar surface area (TPSA) is 84.6 Å². The van der Waals surface area contributed by atoms with Crippen molar-refractivity contribution in [1.29, 1.82) is 0 Å². The number of rotatable bonds is 5. The summed E-state index contributed by atoms with van der Waals surface area (Å²) in [6.07, 6.45) is 1.39. The van der Waals surface area contributed by atoms with Crippen molar-refractivity contribution in [2.24, 2.45) is 0 Å². The molecule has 20 heavy (non-hydrogen) atoms. The van der Waals surface area contributed by atoms with Crippen LogP contribution in [0.5, 0.6) is 0 Å². The van der Waals surface area contributed by atoms with Crippen LogP contribution in [0.2, 0.25) is 0 Å². The molecule has 8 heteroatoms. The van der Waals surface area contributed by atoms with Crippen LogP contribution in [0.4, 0.5) is 17.3 Å². The zero-order chi connectivity index (χ0) is 14.5. The zero-order valence-electron chi connectivity index (χ0n) is 11.8. The fraction of sp³-hybridized carbons (Fsp3) is 0.667. The third-order valence-electron chi connectivity index (χ3n) is 3.34. The van der Waals surface area contributed by atoms with E-state index in [1.54, 1.807) is 0 Å². The van der Waals surface area contributed by atoms with Gasteiger partial charge in [-0.05, 0) is 13.8 Å². The maximum Gasteiger partial charge on any atom is 0.353 e. The number of anilines is 2. The van der Waals surface area contributed by atoms with E-state index < -0.39 is 4.92 Å². The molecule has 1 aromatic heterocycles. The monoisotopic (exact) mass is 281 g/mol. The molecule has 2 rings (SSSR count).